The van der Waals surface area contributed by atoms with Gasteiger partial charge in [0.1, 0.15) is 0 Å². The predicted molar refractivity (Wildman–Crippen MR) is 92.2 cm³/mol. The van der Waals surface area contributed by atoms with Gasteiger partial charge in [0.15, 0.2) is 0 Å². The van der Waals surface area contributed by atoms with E-state index < -0.39 is 36.2 Å². The van der Waals surface area contributed by atoms with Crippen LogP contribution in [-0.4, -0.2) is 30.0 Å². The van der Waals surface area contributed by atoms with E-state index in [1.165, 1.54) is 0 Å². The Kier molecular flexibility index (Phi) is 7.31. The number of hydrogen-bond acceptors (Lipinski definition) is 4. The quantitative estimate of drug-likeness (QED) is 0.633. The van der Waals surface area contributed by atoms with E-state index in [-0.39, 0.29) is 23.7 Å². The highest BCUT2D eigenvalue weighted by molar-refractivity contribution is 8.05. The lowest BCUT2D eigenvalue weighted by molar-refractivity contribution is 0.130. The zero-order valence-corrected chi connectivity index (χ0v) is 16.9. The topological polar surface area (TPSA) is 109 Å². The lowest BCUT2D eigenvalue weighted by Crippen LogP contribution is -2.62. The molecule has 0 aliphatic heterocycles. The molecule has 23 heavy (non-hydrogen) atoms. The molecule has 0 aliphatic carbocycles. The molecule has 0 aromatic carbocycles. The summed E-state index contributed by atoms with van der Waals surface area (Å²) in [6.07, 6.45) is 0. The summed E-state index contributed by atoms with van der Waals surface area (Å²) in [6, 6.07) is 0. The molecule has 0 saturated carbocycles. The zero-order chi connectivity index (χ0) is 19.0. The van der Waals surface area contributed by atoms with Crippen molar-refractivity contribution in [3.8, 4) is 0 Å². The van der Waals surface area contributed by atoms with Crippen molar-refractivity contribution in [3.05, 3.63) is 0 Å². The molecule has 0 aromatic rings. The predicted octanol–water partition coefficient (Wildman–Crippen LogP) is 3.31. The molecule has 0 heterocycles. The second-order valence-electron chi connectivity index (χ2n) is 7.70. The Balaban J connectivity index is 7.21. The van der Waals surface area contributed by atoms with Crippen LogP contribution in [0.2, 0.25) is 0 Å². The van der Waals surface area contributed by atoms with E-state index in [1.54, 1.807) is 55.4 Å². The average molecular weight is 373 g/mol. The van der Waals surface area contributed by atoms with Crippen LogP contribution >= 0.6 is 0 Å². The van der Waals surface area contributed by atoms with E-state index in [0.29, 0.717) is 0 Å². The highest BCUT2D eigenvalue weighted by atomic mass is 32.3. The van der Waals surface area contributed by atoms with Crippen molar-refractivity contribution in [1.29, 1.82) is 0 Å². The maximum Gasteiger partial charge on any atom is 0.288 e. The molecule has 0 unspecified atom stereocenters. The first-order chi connectivity index (χ1) is 10.0. The van der Waals surface area contributed by atoms with Crippen molar-refractivity contribution >= 4 is 20.2 Å². The lowest BCUT2D eigenvalue weighted by Gasteiger charge is -2.47. The van der Waals surface area contributed by atoms with E-state index in [2.05, 4.69) is 0 Å². The van der Waals surface area contributed by atoms with E-state index in [1.807, 2.05) is 0 Å². The fourth-order valence-electron chi connectivity index (χ4n) is 4.44. The van der Waals surface area contributed by atoms with E-state index >= 15 is 0 Å². The molecule has 0 fully saturated rings. The first-order valence-electron chi connectivity index (χ1n) is 7.97. The van der Waals surface area contributed by atoms with Crippen molar-refractivity contribution in [2.75, 3.05) is 0 Å². The molecule has 0 spiro atoms. The third-order valence-corrected chi connectivity index (χ3v) is 8.57. The molecule has 2 N–H and O–H groups in total. The summed E-state index contributed by atoms with van der Waals surface area (Å²) in [6.45, 7) is 13.6. The van der Waals surface area contributed by atoms with Crippen LogP contribution in [0.15, 0.2) is 0 Å². The summed E-state index contributed by atoms with van der Waals surface area (Å²) < 4.78 is 67.1. The van der Waals surface area contributed by atoms with Gasteiger partial charge in [0, 0.05) is 11.8 Å². The molecule has 0 bridgehead atoms. The van der Waals surface area contributed by atoms with Crippen LogP contribution in [0.5, 0.6) is 0 Å². The molecule has 0 aromatic heterocycles. The zero-order valence-electron chi connectivity index (χ0n) is 15.3. The van der Waals surface area contributed by atoms with Crippen LogP contribution < -0.4 is 0 Å². The van der Waals surface area contributed by atoms with Crippen LogP contribution in [0.1, 0.15) is 55.4 Å². The van der Waals surface area contributed by atoms with Gasteiger partial charge in [-0.05, 0) is 23.7 Å². The standard InChI is InChI=1S/C15H32O6S2/c1-9(2)13(10(3)4)15(22(16,17)18,23(19,20)21)14(11(5)6)12(7)8/h9-14H,1-8H3,(H,16,17,18)(H,19,20,21). The Morgan fingerprint density at radius 1 is 0.565 bits per heavy atom. The molecule has 0 rings (SSSR count). The van der Waals surface area contributed by atoms with E-state index in [0.717, 1.165) is 0 Å². The van der Waals surface area contributed by atoms with Gasteiger partial charge >= 0.3 is 0 Å². The van der Waals surface area contributed by atoms with E-state index in [9.17, 15) is 25.9 Å². The number of rotatable bonds is 8. The fourth-order valence-corrected chi connectivity index (χ4v) is 9.06. The monoisotopic (exact) mass is 372 g/mol. The molecule has 0 atom stereocenters. The Morgan fingerprint density at radius 3 is 0.826 bits per heavy atom. The molecule has 8 heteroatoms. The minimum Gasteiger partial charge on any atom is -0.284 e. The molecular formula is C15H32O6S2. The summed E-state index contributed by atoms with van der Waals surface area (Å²) in [5.41, 5.74) is 0. The first kappa shape index (κ1) is 22.8. The van der Waals surface area contributed by atoms with Crippen LogP contribution in [0.3, 0.4) is 0 Å². The van der Waals surface area contributed by atoms with Crippen LogP contribution in [0, 0.1) is 35.5 Å². The Labute approximate surface area is 141 Å². The molecule has 0 aliphatic rings. The normalized spacial score (nSPS) is 15.0. The maximum absolute atomic E-state index is 12.4. The molecule has 0 radical (unpaired) electrons. The third-order valence-electron chi connectivity index (χ3n) is 4.61. The smallest absolute Gasteiger partial charge is 0.284 e. The molecule has 140 valence electrons. The largest absolute Gasteiger partial charge is 0.288 e. The third kappa shape index (κ3) is 4.08. The van der Waals surface area contributed by atoms with Gasteiger partial charge < -0.3 is 0 Å². The molecule has 6 nitrogen and oxygen atoms in total. The second-order valence-corrected chi connectivity index (χ2v) is 11.2. The number of hydrogen-bond donors (Lipinski definition) is 2. The highest BCUT2D eigenvalue weighted by Crippen LogP contribution is 2.50. The Hall–Kier alpha value is -0.180. The molecule has 0 saturated heterocycles. The first-order valence-corrected chi connectivity index (χ1v) is 10.8. The van der Waals surface area contributed by atoms with Crippen LogP contribution in [0.4, 0.5) is 0 Å². The minimum atomic E-state index is -5.10. The Morgan fingerprint density at radius 2 is 0.739 bits per heavy atom. The second kappa shape index (κ2) is 7.37. The van der Waals surface area contributed by atoms with Gasteiger partial charge in [-0.15, -0.1) is 0 Å². The lowest BCUT2D eigenvalue weighted by atomic mass is 9.71. The van der Waals surface area contributed by atoms with Gasteiger partial charge in [0.2, 0.25) is 4.08 Å². The summed E-state index contributed by atoms with van der Waals surface area (Å²) in [7, 11) is -10.2. The van der Waals surface area contributed by atoms with Gasteiger partial charge in [0.05, 0.1) is 0 Å². The summed E-state index contributed by atoms with van der Waals surface area (Å²) in [4.78, 5) is 0. The summed E-state index contributed by atoms with van der Waals surface area (Å²) in [5.74, 6) is -3.42. The highest BCUT2D eigenvalue weighted by Gasteiger charge is 2.66. The SMILES string of the molecule is CC(C)C(C(C)C)C(C(C(C)C)C(C)C)(S(=O)(=O)O)S(=O)(=O)O. The Bertz CT molecular complexity index is 517. The van der Waals surface area contributed by atoms with Gasteiger partial charge in [-0.2, -0.15) is 16.8 Å². The van der Waals surface area contributed by atoms with Crippen molar-refractivity contribution in [2.45, 2.75) is 59.5 Å². The minimum absolute atomic E-state index is 0.376. The van der Waals surface area contributed by atoms with Crippen LogP contribution in [0.25, 0.3) is 0 Å². The van der Waals surface area contributed by atoms with E-state index in [4.69, 9.17) is 0 Å². The van der Waals surface area contributed by atoms with Gasteiger partial charge in [-0.3, -0.25) is 9.11 Å². The van der Waals surface area contributed by atoms with Crippen molar-refractivity contribution in [1.82, 2.24) is 0 Å². The summed E-state index contributed by atoms with van der Waals surface area (Å²) >= 11 is 0. The fraction of sp³-hybridized carbons (Fsp3) is 1.00. The average Bonchev–Trinajstić information content (AvgIpc) is 2.21. The van der Waals surface area contributed by atoms with Gasteiger partial charge in [0.25, 0.3) is 20.2 Å². The van der Waals surface area contributed by atoms with Crippen LogP contribution in [-0.2, 0) is 20.2 Å². The van der Waals surface area contributed by atoms with Crippen molar-refractivity contribution in [3.63, 3.8) is 0 Å². The van der Waals surface area contributed by atoms with Gasteiger partial charge in [-0.1, -0.05) is 55.4 Å². The van der Waals surface area contributed by atoms with Gasteiger partial charge in [-0.25, -0.2) is 0 Å². The van der Waals surface area contributed by atoms with Crippen molar-refractivity contribution < 1.29 is 25.9 Å². The molecule has 0 amide bonds. The molecular weight excluding hydrogens is 340 g/mol. The summed E-state index contributed by atoms with van der Waals surface area (Å²) in [5, 5.41) is 0. The van der Waals surface area contributed by atoms with Crippen molar-refractivity contribution in [2.24, 2.45) is 35.5 Å². The maximum atomic E-state index is 12.4.